The van der Waals surface area contributed by atoms with Crippen LogP contribution in [0.25, 0.3) is 0 Å². The van der Waals surface area contributed by atoms with Crippen LogP contribution in [0.4, 0.5) is 0 Å². The molecular weight excluding hydrogens is 172 g/mol. The van der Waals surface area contributed by atoms with Crippen LogP contribution in [0, 0.1) is 5.41 Å². The molecule has 1 rings (SSSR count). The number of hydrogen-bond acceptors (Lipinski definition) is 1. The summed E-state index contributed by atoms with van der Waals surface area (Å²) in [5, 5.41) is 0. The highest BCUT2D eigenvalue weighted by molar-refractivity contribution is 6.25. The van der Waals surface area contributed by atoms with Gasteiger partial charge in [-0.1, -0.05) is 36.9 Å². The number of halogens is 1. The molecule has 0 aromatic rings. The molecule has 0 radical (unpaired) electrons. The van der Waals surface area contributed by atoms with Crippen molar-refractivity contribution in [3.63, 3.8) is 0 Å². The Bertz CT molecular complexity index is 142. The SMILES string of the molecule is COCC1(C=CCl)CCCCC1. The summed E-state index contributed by atoms with van der Waals surface area (Å²) < 4.78 is 5.23. The average molecular weight is 189 g/mol. The highest BCUT2D eigenvalue weighted by Crippen LogP contribution is 2.37. The molecule has 0 N–H and O–H groups in total. The Morgan fingerprint density at radius 3 is 2.50 bits per heavy atom. The molecule has 1 saturated carbocycles. The highest BCUT2D eigenvalue weighted by atomic mass is 35.5. The van der Waals surface area contributed by atoms with Crippen LogP contribution in [0.5, 0.6) is 0 Å². The lowest BCUT2D eigenvalue weighted by atomic mass is 9.75. The zero-order chi connectivity index (χ0) is 8.86. The van der Waals surface area contributed by atoms with Gasteiger partial charge in [-0.05, 0) is 12.8 Å². The lowest BCUT2D eigenvalue weighted by Crippen LogP contribution is -2.26. The van der Waals surface area contributed by atoms with Gasteiger partial charge in [0.2, 0.25) is 0 Å². The molecule has 0 aromatic carbocycles. The first-order chi connectivity index (χ1) is 5.83. The molecular formula is C10H17ClO. The van der Waals surface area contributed by atoms with Crippen LogP contribution in [0.1, 0.15) is 32.1 Å². The van der Waals surface area contributed by atoms with E-state index in [1.54, 1.807) is 12.6 Å². The second kappa shape index (κ2) is 4.88. The Morgan fingerprint density at radius 1 is 1.33 bits per heavy atom. The summed E-state index contributed by atoms with van der Waals surface area (Å²) in [4.78, 5) is 0. The van der Waals surface area contributed by atoms with Crippen LogP contribution in [0.3, 0.4) is 0 Å². The summed E-state index contributed by atoms with van der Waals surface area (Å²) in [6, 6.07) is 0. The van der Waals surface area contributed by atoms with Gasteiger partial charge in [0.05, 0.1) is 6.61 Å². The van der Waals surface area contributed by atoms with Gasteiger partial charge >= 0.3 is 0 Å². The van der Waals surface area contributed by atoms with Crippen LogP contribution in [-0.4, -0.2) is 13.7 Å². The molecule has 0 heterocycles. The molecule has 1 fully saturated rings. The van der Waals surface area contributed by atoms with Crippen molar-refractivity contribution in [2.45, 2.75) is 32.1 Å². The van der Waals surface area contributed by atoms with Crippen LogP contribution >= 0.6 is 11.6 Å². The Morgan fingerprint density at radius 2 is 2.00 bits per heavy atom. The Balaban J connectivity index is 2.56. The van der Waals surface area contributed by atoms with E-state index in [-0.39, 0.29) is 5.41 Å². The fraction of sp³-hybridized carbons (Fsp3) is 0.800. The van der Waals surface area contributed by atoms with E-state index >= 15 is 0 Å². The van der Waals surface area contributed by atoms with Crippen molar-refractivity contribution in [3.8, 4) is 0 Å². The molecule has 2 heteroatoms. The van der Waals surface area contributed by atoms with Crippen molar-refractivity contribution in [2.24, 2.45) is 5.41 Å². The molecule has 0 bridgehead atoms. The second-order valence-electron chi connectivity index (χ2n) is 3.65. The summed E-state index contributed by atoms with van der Waals surface area (Å²) in [5.41, 5.74) is 1.89. The fourth-order valence-electron chi connectivity index (χ4n) is 2.04. The van der Waals surface area contributed by atoms with Gasteiger partial charge in [-0.15, -0.1) is 0 Å². The smallest absolute Gasteiger partial charge is 0.0553 e. The lowest BCUT2D eigenvalue weighted by Gasteiger charge is -2.33. The summed E-state index contributed by atoms with van der Waals surface area (Å²) >= 11 is 5.62. The molecule has 1 nitrogen and oxygen atoms in total. The number of ether oxygens (including phenoxy) is 1. The Kier molecular flexibility index (Phi) is 4.10. The summed E-state index contributed by atoms with van der Waals surface area (Å²) in [5.74, 6) is 0. The van der Waals surface area contributed by atoms with Gasteiger partial charge in [-0.3, -0.25) is 0 Å². The van der Waals surface area contributed by atoms with Gasteiger partial charge in [0.15, 0.2) is 0 Å². The predicted octanol–water partition coefficient (Wildman–Crippen LogP) is 3.34. The molecule has 0 saturated heterocycles. The molecule has 0 atom stereocenters. The first-order valence-corrected chi connectivity index (χ1v) is 5.03. The van der Waals surface area contributed by atoms with E-state index in [1.165, 1.54) is 32.1 Å². The molecule has 0 aromatic heterocycles. The van der Waals surface area contributed by atoms with Crippen LogP contribution < -0.4 is 0 Å². The lowest BCUT2D eigenvalue weighted by molar-refractivity contribution is 0.0839. The Labute approximate surface area is 79.7 Å². The maximum absolute atomic E-state index is 5.62. The third kappa shape index (κ3) is 2.49. The van der Waals surface area contributed by atoms with Crippen molar-refractivity contribution in [3.05, 3.63) is 11.6 Å². The fourth-order valence-corrected chi connectivity index (χ4v) is 2.30. The summed E-state index contributed by atoms with van der Waals surface area (Å²) in [6.45, 7) is 0.816. The minimum atomic E-state index is 0.245. The van der Waals surface area contributed by atoms with Crippen molar-refractivity contribution in [2.75, 3.05) is 13.7 Å². The molecule has 1 aliphatic carbocycles. The van der Waals surface area contributed by atoms with Crippen molar-refractivity contribution < 1.29 is 4.74 Å². The first-order valence-electron chi connectivity index (χ1n) is 4.60. The molecule has 0 aliphatic heterocycles. The molecule has 1 aliphatic rings. The van der Waals surface area contributed by atoms with E-state index in [0.29, 0.717) is 0 Å². The Hall–Kier alpha value is -0.0100. The van der Waals surface area contributed by atoms with E-state index in [2.05, 4.69) is 6.08 Å². The second-order valence-corrected chi connectivity index (χ2v) is 3.90. The minimum Gasteiger partial charge on any atom is -0.384 e. The molecule has 0 spiro atoms. The molecule has 0 unspecified atom stereocenters. The highest BCUT2D eigenvalue weighted by Gasteiger charge is 2.28. The van der Waals surface area contributed by atoms with Crippen LogP contribution in [0.15, 0.2) is 11.6 Å². The third-order valence-electron chi connectivity index (χ3n) is 2.70. The normalized spacial score (nSPS) is 23.2. The standard InChI is InChI=1S/C10H17ClO/c1-12-9-10(7-8-11)5-3-2-4-6-10/h7-8H,2-6,9H2,1H3. The van der Waals surface area contributed by atoms with Gasteiger partial charge in [0, 0.05) is 18.1 Å². The van der Waals surface area contributed by atoms with Crippen molar-refractivity contribution >= 4 is 11.6 Å². The van der Waals surface area contributed by atoms with E-state index < -0.39 is 0 Å². The summed E-state index contributed by atoms with van der Waals surface area (Å²) in [7, 11) is 1.76. The van der Waals surface area contributed by atoms with Crippen molar-refractivity contribution in [1.29, 1.82) is 0 Å². The quantitative estimate of drug-likeness (QED) is 0.660. The largest absolute Gasteiger partial charge is 0.384 e. The zero-order valence-electron chi connectivity index (χ0n) is 7.68. The zero-order valence-corrected chi connectivity index (χ0v) is 8.44. The monoisotopic (exact) mass is 188 g/mol. The number of methoxy groups -OCH3 is 1. The molecule has 0 amide bonds. The van der Waals surface area contributed by atoms with Crippen LogP contribution in [-0.2, 0) is 4.74 Å². The predicted molar refractivity (Wildman–Crippen MR) is 52.4 cm³/mol. The molecule has 12 heavy (non-hydrogen) atoms. The van der Waals surface area contributed by atoms with Gasteiger partial charge in [-0.25, -0.2) is 0 Å². The molecule has 70 valence electrons. The van der Waals surface area contributed by atoms with Gasteiger partial charge < -0.3 is 4.74 Å². The topological polar surface area (TPSA) is 9.23 Å². The van der Waals surface area contributed by atoms with Crippen LogP contribution in [0.2, 0.25) is 0 Å². The average Bonchev–Trinajstić information content (AvgIpc) is 2.07. The number of hydrogen-bond donors (Lipinski definition) is 0. The maximum atomic E-state index is 5.62. The minimum absolute atomic E-state index is 0.245. The van der Waals surface area contributed by atoms with E-state index in [0.717, 1.165) is 6.61 Å². The van der Waals surface area contributed by atoms with Crippen molar-refractivity contribution in [1.82, 2.24) is 0 Å². The number of rotatable bonds is 3. The van der Waals surface area contributed by atoms with E-state index in [1.807, 2.05) is 0 Å². The summed E-state index contributed by atoms with van der Waals surface area (Å²) in [6.07, 6.45) is 8.54. The van der Waals surface area contributed by atoms with Gasteiger partial charge in [-0.2, -0.15) is 0 Å². The van der Waals surface area contributed by atoms with Gasteiger partial charge in [0.1, 0.15) is 0 Å². The maximum Gasteiger partial charge on any atom is 0.0553 e. The third-order valence-corrected chi connectivity index (χ3v) is 2.82. The van der Waals surface area contributed by atoms with E-state index in [9.17, 15) is 0 Å². The van der Waals surface area contributed by atoms with E-state index in [4.69, 9.17) is 16.3 Å². The first kappa shape index (κ1) is 10.1. The van der Waals surface area contributed by atoms with Gasteiger partial charge in [0.25, 0.3) is 0 Å².